The summed E-state index contributed by atoms with van der Waals surface area (Å²) in [5.74, 6) is 0.676. The molecule has 7 nitrogen and oxygen atoms in total. The molecule has 142 valence electrons. The van der Waals surface area contributed by atoms with Crippen LogP contribution in [0.5, 0.6) is 5.75 Å². The molecule has 0 radical (unpaired) electrons. The molecule has 1 amide bonds. The van der Waals surface area contributed by atoms with Gasteiger partial charge in [0, 0.05) is 19.3 Å². The van der Waals surface area contributed by atoms with Crippen molar-refractivity contribution in [2.45, 2.75) is 32.4 Å². The molecule has 1 fully saturated rings. The minimum Gasteiger partial charge on any atom is -0.497 e. The zero-order chi connectivity index (χ0) is 18.8. The molecule has 1 aliphatic rings. The van der Waals surface area contributed by atoms with Crippen LogP contribution in [0, 0.1) is 0 Å². The SMILES string of the molecule is CCn1nccc1C(=O)N(CC1CCCO1)c1nc2ccc(OC)cc2s1. The third-order valence-electron chi connectivity index (χ3n) is 4.71. The van der Waals surface area contributed by atoms with Crippen molar-refractivity contribution in [2.75, 3.05) is 25.2 Å². The van der Waals surface area contributed by atoms with Gasteiger partial charge in [-0.15, -0.1) is 0 Å². The summed E-state index contributed by atoms with van der Waals surface area (Å²) in [7, 11) is 1.64. The van der Waals surface area contributed by atoms with Gasteiger partial charge in [0.05, 0.1) is 30.0 Å². The average Bonchev–Trinajstić information content (AvgIpc) is 3.44. The van der Waals surface area contributed by atoms with Gasteiger partial charge in [0.2, 0.25) is 0 Å². The number of amides is 1. The second kappa shape index (κ2) is 7.66. The van der Waals surface area contributed by atoms with Crippen molar-refractivity contribution in [3.05, 3.63) is 36.2 Å². The van der Waals surface area contributed by atoms with Crippen LogP contribution < -0.4 is 9.64 Å². The van der Waals surface area contributed by atoms with E-state index in [0.29, 0.717) is 23.9 Å². The number of fused-ring (bicyclic) bond motifs is 1. The Labute approximate surface area is 161 Å². The second-order valence-electron chi connectivity index (χ2n) is 6.41. The monoisotopic (exact) mass is 386 g/mol. The molecule has 1 aliphatic heterocycles. The Morgan fingerprint density at radius 2 is 2.33 bits per heavy atom. The molecule has 1 aromatic carbocycles. The topological polar surface area (TPSA) is 69.5 Å². The first kappa shape index (κ1) is 17.9. The van der Waals surface area contributed by atoms with Crippen LogP contribution in [0.15, 0.2) is 30.5 Å². The first-order valence-electron chi connectivity index (χ1n) is 9.09. The summed E-state index contributed by atoms with van der Waals surface area (Å²) in [4.78, 5) is 19.8. The van der Waals surface area contributed by atoms with E-state index in [1.54, 1.807) is 29.0 Å². The van der Waals surface area contributed by atoms with Crippen molar-refractivity contribution < 1.29 is 14.3 Å². The van der Waals surface area contributed by atoms with Crippen LogP contribution in [0.1, 0.15) is 30.3 Å². The number of thiazole rings is 1. The largest absolute Gasteiger partial charge is 0.497 e. The van der Waals surface area contributed by atoms with Gasteiger partial charge in [-0.1, -0.05) is 11.3 Å². The van der Waals surface area contributed by atoms with Crippen molar-refractivity contribution in [3.63, 3.8) is 0 Å². The summed E-state index contributed by atoms with van der Waals surface area (Å²) in [6, 6.07) is 7.50. The molecular formula is C19H22N4O3S. The number of aryl methyl sites for hydroxylation is 1. The van der Waals surface area contributed by atoms with Gasteiger partial charge < -0.3 is 9.47 Å². The fourth-order valence-electron chi connectivity index (χ4n) is 3.28. The number of nitrogens with zero attached hydrogens (tertiary/aromatic N) is 4. The molecule has 4 rings (SSSR count). The number of hydrogen-bond acceptors (Lipinski definition) is 6. The highest BCUT2D eigenvalue weighted by atomic mass is 32.1. The third-order valence-corrected chi connectivity index (χ3v) is 5.75. The molecule has 1 saturated heterocycles. The highest BCUT2D eigenvalue weighted by molar-refractivity contribution is 7.22. The summed E-state index contributed by atoms with van der Waals surface area (Å²) >= 11 is 1.49. The minimum atomic E-state index is -0.101. The van der Waals surface area contributed by atoms with E-state index < -0.39 is 0 Å². The predicted molar refractivity (Wildman–Crippen MR) is 105 cm³/mol. The number of carbonyl (C=O) groups is 1. The van der Waals surface area contributed by atoms with E-state index in [1.165, 1.54) is 11.3 Å². The zero-order valence-corrected chi connectivity index (χ0v) is 16.2. The van der Waals surface area contributed by atoms with Crippen molar-refractivity contribution in [1.82, 2.24) is 14.8 Å². The van der Waals surface area contributed by atoms with Gasteiger partial charge >= 0.3 is 0 Å². The second-order valence-corrected chi connectivity index (χ2v) is 7.42. The highest BCUT2D eigenvalue weighted by Gasteiger charge is 2.28. The number of hydrogen-bond donors (Lipinski definition) is 0. The van der Waals surface area contributed by atoms with Gasteiger partial charge in [0.15, 0.2) is 5.13 Å². The van der Waals surface area contributed by atoms with E-state index in [2.05, 4.69) is 5.10 Å². The molecular weight excluding hydrogens is 364 g/mol. The number of aromatic nitrogens is 3. The number of benzene rings is 1. The van der Waals surface area contributed by atoms with Gasteiger partial charge in [-0.2, -0.15) is 5.10 Å². The molecule has 8 heteroatoms. The number of ether oxygens (including phenoxy) is 2. The van der Waals surface area contributed by atoms with Crippen molar-refractivity contribution in [1.29, 1.82) is 0 Å². The molecule has 1 unspecified atom stereocenters. The van der Waals surface area contributed by atoms with Crippen molar-refractivity contribution >= 4 is 32.6 Å². The number of carbonyl (C=O) groups excluding carboxylic acids is 1. The van der Waals surface area contributed by atoms with Gasteiger partial charge in [-0.25, -0.2) is 4.98 Å². The smallest absolute Gasteiger partial charge is 0.278 e. The van der Waals surface area contributed by atoms with Crippen LogP contribution >= 0.6 is 11.3 Å². The quantitative estimate of drug-likeness (QED) is 0.650. The van der Waals surface area contributed by atoms with E-state index in [4.69, 9.17) is 14.5 Å². The lowest BCUT2D eigenvalue weighted by Crippen LogP contribution is -2.38. The Bertz CT molecular complexity index is 945. The summed E-state index contributed by atoms with van der Waals surface area (Å²) in [5.41, 5.74) is 1.41. The normalized spacial score (nSPS) is 16.7. The molecule has 0 saturated carbocycles. The first-order chi connectivity index (χ1) is 13.2. The van der Waals surface area contributed by atoms with Gasteiger partial charge in [-0.05, 0) is 44.0 Å². The summed E-state index contributed by atoms with van der Waals surface area (Å²) in [6.45, 7) is 3.85. The summed E-state index contributed by atoms with van der Waals surface area (Å²) < 4.78 is 13.8. The Morgan fingerprint density at radius 1 is 1.44 bits per heavy atom. The third kappa shape index (κ3) is 3.54. The number of methoxy groups -OCH3 is 1. The number of rotatable bonds is 6. The summed E-state index contributed by atoms with van der Waals surface area (Å²) in [6.07, 6.45) is 3.67. The van der Waals surface area contributed by atoms with Crippen LogP contribution in [0.25, 0.3) is 10.2 Å². The van der Waals surface area contributed by atoms with Crippen molar-refractivity contribution in [2.24, 2.45) is 0 Å². The molecule has 0 aliphatic carbocycles. The minimum absolute atomic E-state index is 0.0356. The lowest BCUT2D eigenvalue weighted by Gasteiger charge is -2.23. The first-order valence-corrected chi connectivity index (χ1v) is 9.91. The maximum absolute atomic E-state index is 13.3. The predicted octanol–water partition coefficient (Wildman–Crippen LogP) is 3.35. The van der Waals surface area contributed by atoms with Gasteiger partial charge in [0.25, 0.3) is 5.91 Å². The molecule has 0 bridgehead atoms. The Hall–Kier alpha value is -2.45. The fourth-order valence-corrected chi connectivity index (χ4v) is 4.28. The Balaban J connectivity index is 1.71. The molecule has 27 heavy (non-hydrogen) atoms. The van der Waals surface area contributed by atoms with Gasteiger partial charge in [-0.3, -0.25) is 14.4 Å². The standard InChI is InChI=1S/C19H22N4O3S/c1-3-23-16(8-9-20-23)18(24)22(12-14-5-4-10-26-14)19-21-15-7-6-13(25-2)11-17(15)27-19/h6-9,11,14H,3-5,10,12H2,1-2H3. The highest BCUT2D eigenvalue weighted by Crippen LogP contribution is 2.33. The van der Waals surface area contributed by atoms with Crippen LogP contribution in [0.2, 0.25) is 0 Å². The lowest BCUT2D eigenvalue weighted by atomic mass is 10.2. The van der Waals surface area contributed by atoms with E-state index >= 15 is 0 Å². The van der Waals surface area contributed by atoms with Crippen molar-refractivity contribution in [3.8, 4) is 5.75 Å². The van der Waals surface area contributed by atoms with Gasteiger partial charge in [0.1, 0.15) is 11.4 Å². The zero-order valence-electron chi connectivity index (χ0n) is 15.4. The van der Waals surface area contributed by atoms with E-state index in [1.807, 2.05) is 25.1 Å². The van der Waals surface area contributed by atoms with E-state index in [0.717, 1.165) is 35.4 Å². The maximum Gasteiger partial charge on any atom is 0.278 e. The molecule has 1 atom stereocenters. The van der Waals surface area contributed by atoms with Crippen LogP contribution in [0.4, 0.5) is 5.13 Å². The molecule has 3 aromatic rings. The number of anilines is 1. The molecule has 0 spiro atoms. The van der Waals surface area contributed by atoms with E-state index in [-0.39, 0.29) is 12.0 Å². The fraction of sp³-hybridized carbons (Fsp3) is 0.421. The van der Waals surface area contributed by atoms with Crippen LogP contribution in [-0.2, 0) is 11.3 Å². The van der Waals surface area contributed by atoms with Crippen LogP contribution in [-0.4, -0.2) is 47.0 Å². The lowest BCUT2D eigenvalue weighted by molar-refractivity contribution is 0.0908. The molecule has 0 N–H and O–H groups in total. The average molecular weight is 386 g/mol. The maximum atomic E-state index is 13.3. The molecule has 3 heterocycles. The Kier molecular flexibility index (Phi) is 5.09. The summed E-state index contributed by atoms with van der Waals surface area (Å²) in [5, 5.41) is 4.90. The van der Waals surface area contributed by atoms with E-state index in [9.17, 15) is 4.79 Å². The van der Waals surface area contributed by atoms with Crippen LogP contribution in [0.3, 0.4) is 0 Å². The molecule has 2 aromatic heterocycles. The Morgan fingerprint density at radius 3 is 3.07 bits per heavy atom.